The lowest BCUT2D eigenvalue weighted by atomic mass is 9.98. The maximum absolute atomic E-state index is 6.36. The van der Waals surface area contributed by atoms with Gasteiger partial charge in [0.05, 0.1) is 19.4 Å². The van der Waals surface area contributed by atoms with Crippen molar-refractivity contribution in [2.45, 2.75) is 56.5 Å². The molecular weight excluding hydrogens is 424 g/mol. The van der Waals surface area contributed by atoms with E-state index in [-0.39, 0.29) is 12.1 Å². The van der Waals surface area contributed by atoms with Gasteiger partial charge < -0.3 is 19.3 Å². The van der Waals surface area contributed by atoms with Gasteiger partial charge >= 0.3 is 0 Å². The van der Waals surface area contributed by atoms with Crippen LogP contribution in [0.3, 0.4) is 0 Å². The first-order chi connectivity index (χ1) is 16.4. The summed E-state index contributed by atoms with van der Waals surface area (Å²) in [6.45, 7) is 6.84. The second-order valence-corrected chi connectivity index (χ2v) is 9.39. The number of hydroxylamine groups is 2. The van der Waals surface area contributed by atoms with Crippen LogP contribution in [-0.4, -0.2) is 94.8 Å². The van der Waals surface area contributed by atoms with E-state index >= 15 is 0 Å². The second-order valence-electron chi connectivity index (χ2n) is 9.39. The lowest BCUT2D eigenvalue weighted by molar-refractivity contribution is -0.388. The van der Waals surface area contributed by atoms with Gasteiger partial charge in [0.1, 0.15) is 24.7 Å². The van der Waals surface area contributed by atoms with Gasteiger partial charge in [0.2, 0.25) is 11.7 Å². The van der Waals surface area contributed by atoms with Crippen molar-refractivity contribution in [2.75, 3.05) is 52.5 Å². The van der Waals surface area contributed by atoms with Gasteiger partial charge in [-0.25, -0.2) is 10.4 Å². The van der Waals surface area contributed by atoms with Crippen molar-refractivity contribution >= 4 is 0 Å². The molecule has 6 heterocycles. The van der Waals surface area contributed by atoms with Crippen molar-refractivity contribution in [3.05, 3.63) is 30.7 Å². The van der Waals surface area contributed by atoms with Gasteiger partial charge in [0.25, 0.3) is 0 Å². The highest BCUT2D eigenvalue weighted by Crippen LogP contribution is 2.49. The van der Waals surface area contributed by atoms with Gasteiger partial charge in [-0.3, -0.25) is 4.90 Å². The third-order valence-corrected chi connectivity index (χ3v) is 7.40. The smallest absolute Gasteiger partial charge is 0.205 e. The van der Waals surface area contributed by atoms with E-state index in [0.29, 0.717) is 6.54 Å². The van der Waals surface area contributed by atoms with Crippen LogP contribution in [0.25, 0.3) is 0 Å². The molecule has 33 heavy (non-hydrogen) atoms. The quantitative estimate of drug-likeness (QED) is 0.660. The minimum Gasteiger partial charge on any atom is -0.448 e. The maximum atomic E-state index is 6.36. The fourth-order valence-electron chi connectivity index (χ4n) is 5.97. The summed E-state index contributed by atoms with van der Waals surface area (Å²) < 4.78 is 12.4. The highest BCUT2D eigenvalue weighted by molar-refractivity contribution is 5.13. The number of nitrogens with zero attached hydrogens (tertiary/aromatic N) is 6. The van der Waals surface area contributed by atoms with Crippen LogP contribution in [-0.2, 0) is 9.57 Å². The molecule has 11 nitrogen and oxygen atoms in total. The number of nitrogens with one attached hydrogen (secondary N) is 2. The van der Waals surface area contributed by atoms with Crippen LogP contribution < -0.4 is 10.7 Å². The van der Waals surface area contributed by atoms with E-state index in [1.54, 1.807) is 18.7 Å². The molecule has 5 aliphatic heterocycles. The molecule has 0 saturated carbocycles. The molecule has 5 aliphatic rings. The summed E-state index contributed by atoms with van der Waals surface area (Å²) in [5.74, 6) is 0.00496. The number of rotatable bonds is 5. The van der Waals surface area contributed by atoms with Crippen LogP contribution in [0.5, 0.6) is 0 Å². The predicted molar refractivity (Wildman–Crippen MR) is 119 cm³/mol. The minimum absolute atomic E-state index is 0.00938. The van der Waals surface area contributed by atoms with Crippen molar-refractivity contribution in [3.8, 4) is 0 Å². The van der Waals surface area contributed by atoms with Gasteiger partial charge in [-0.15, -0.1) is 10.2 Å². The Bertz CT molecular complexity index is 784. The van der Waals surface area contributed by atoms with E-state index in [0.717, 1.165) is 77.6 Å². The molecule has 0 spiro atoms. The summed E-state index contributed by atoms with van der Waals surface area (Å²) in [5.41, 5.74) is 3.67. The standard InChI is InChI=1S/C22H36N8O3/c1-4-14-31-20(7-1)27-17-19(21-24-10-16-32-21)22(28-12-6-15-33-28,26-11-5-8-23-18-26)30(27)29-13-3-2-9-25-29/h6,10,15-16,19-20,23,25H,1-5,7-9,11-14,17-18H2. The van der Waals surface area contributed by atoms with Crippen LogP contribution in [0.4, 0.5) is 0 Å². The van der Waals surface area contributed by atoms with Crippen LogP contribution in [0.15, 0.2) is 29.2 Å². The normalized spacial score (nSPS) is 35.9. The highest BCUT2D eigenvalue weighted by Gasteiger charge is 2.66. The Kier molecular flexibility index (Phi) is 6.37. The zero-order valence-corrected chi connectivity index (χ0v) is 19.3. The largest absolute Gasteiger partial charge is 0.448 e. The molecule has 3 unspecified atom stereocenters. The second kappa shape index (κ2) is 9.59. The summed E-state index contributed by atoms with van der Waals surface area (Å²) in [7, 11) is 0. The molecule has 3 atom stereocenters. The van der Waals surface area contributed by atoms with Gasteiger partial charge in [-0.2, -0.15) is 10.1 Å². The zero-order valence-electron chi connectivity index (χ0n) is 19.3. The Morgan fingerprint density at radius 1 is 1.09 bits per heavy atom. The van der Waals surface area contributed by atoms with Crippen molar-refractivity contribution in [1.29, 1.82) is 0 Å². The summed E-state index contributed by atoms with van der Waals surface area (Å²) in [6.07, 6.45) is 14.0. The molecule has 4 fully saturated rings. The fraction of sp³-hybridized carbons (Fsp3) is 0.773. The Morgan fingerprint density at radius 2 is 2.09 bits per heavy atom. The van der Waals surface area contributed by atoms with Gasteiger partial charge in [0.15, 0.2) is 0 Å². The van der Waals surface area contributed by atoms with E-state index in [1.807, 2.05) is 0 Å². The number of ether oxygens (including phenoxy) is 1. The summed E-state index contributed by atoms with van der Waals surface area (Å²) in [5, 5.41) is 12.8. The topological polar surface area (TPSA) is 84.8 Å². The summed E-state index contributed by atoms with van der Waals surface area (Å²) >= 11 is 0. The molecule has 0 radical (unpaired) electrons. The van der Waals surface area contributed by atoms with Crippen LogP contribution in [0.2, 0.25) is 0 Å². The molecule has 0 aromatic carbocycles. The van der Waals surface area contributed by atoms with E-state index < -0.39 is 5.79 Å². The predicted octanol–water partition coefficient (Wildman–Crippen LogP) is 1.00. The van der Waals surface area contributed by atoms with Crippen LogP contribution in [0.1, 0.15) is 50.3 Å². The van der Waals surface area contributed by atoms with Crippen molar-refractivity contribution in [1.82, 2.24) is 40.9 Å². The van der Waals surface area contributed by atoms with Crippen LogP contribution >= 0.6 is 0 Å². The van der Waals surface area contributed by atoms with Crippen molar-refractivity contribution in [3.63, 3.8) is 0 Å². The summed E-state index contributed by atoms with van der Waals surface area (Å²) in [4.78, 5) is 13.4. The molecule has 2 N–H and O–H groups in total. The lowest BCUT2D eigenvalue weighted by Gasteiger charge is -2.57. The van der Waals surface area contributed by atoms with E-state index in [1.165, 1.54) is 12.8 Å². The Balaban J connectivity index is 1.49. The molecule has 1 aromatic rings. The van der Waals surface area contributed by atoms with E-state index in [9.17, 15) is 0 Å². The fourth-order valence-corrected chi connectivity index (χ4v) is 5.97. The zero-order chi connectivity index (χ0) is 22.1. The minimum atomic E-state index is -0.660. The number of hydrogen-bond acceptors (Lipinski definition) is 11. The third-order valence-electron chi connectivity index (χ3n) is 7.40. The highest BCUT2D eigenvalue weighted by atomic mass is 16.7. The summed E-state index contributed by atoms with van der Waals surface area (Å²) in [6, 6.07) is 0. The number of hydrazine groups is 3. The molecular formula is C22H36N8O3. The van der Waals surface area contributed by atoms with Crippen LogP contribution in [0, 0.1) is 0 Å². The Morgan fingerprint density at radius 3 is 2.79 bits per heavy atom. The first-order valence-corrected chi connectivity index (χ1v) is 12.5. The number of aromatic nitrogens is 1. The monoisotopic (exact) mass is 460 g/mol. The molecule has 11 heteroatoms. The third kappa shape index (κ3) is 3.80. The number of hydrogen-bond donors (Lipinski definition) is 2. The van der Waals surface area contributed by atoms with Crippen molar-refractivity contribution in [2.24, 2.45) is 0 Å². The van der Waals surface area contributed by atoms with E-state index in [2.05, 4.69) is 47.0 Å². The molecule has 6 rings (SSSR count). The Hall–Kier alpha value is -1.57. The molecule has 0 amide bonds. The molecule has 0 aliphatic carbocycles. The van der Waals surface area contributed by atoms with Gasteiger partial charge in [-0.1, -0.05) is 0 Å². The SMILES string of the molecule is C1=CON(C2(N3CCCNC3)C(c3ncco3)CN(C3CCCCO3)N2N2CCCCN2)C1. The van der Waals surface area contributed by atoms with Crippen molar-refractivity contribution < 1.29 is 14.0 Å². The van der Waals surface area contributed by atoms with Gasteiger partial charge in [-0.05, 0) is 51.1 Å². The molecule has 1 aromatic heterocycles. The molecule has 182 valence electrons. The van der Waals surface area contributed by atoms with E-state index in [4.69, 9.17) is 14.0 Å². The lowest BCUT2D eigenvalue weighted by Crippen LogP contribution is -2.77. The molecule has 0 bridgehead atoms. The Labute approximate surface area is 195 Å². The average molecular weight is 461 g/mol. The first kappa shape index (κ1) is 21.9. The first-order valence-electron chi connectivity index (χ1n) is 12.5. The molecule has 4 saturated heterocycles. The maximum Gasteiger partial charge on any atom is 0.205 e. The van der Waals surface area contributed by atoms with Gasteiger partial charge in [0, 0.05) is 32.8 Å². The average Bonchev–Trinajstić information content (AvgIpc) is 3.66. The number of oxazole rings is 1.